The highest BCUT2D eigenvalue weighted by Crippen LogP contribution is 2.23. The van der Waals surface area contributed by atoms with Gasteiger partial charge in [-0.1, -0.05) is 28.1 Å². The van der Waals surface area contributed by atoms with Crippen LogP contribution in [0.2, 0.25) is 0 Å². The molecule has 17 heavy (non-hydrogen) atoms. The molecule has 0 N–H and O–H groups in total. The molecule has 2 rings (SSSR count). The second kappa shape index (κ2) is 4.79. The second-order valence-corrected chi connectivity index (χ2v) is 4.20. The van der Waals surface area contributed by atoms with Crippen molar-refractivity contribution in [3.05, 3.63) is 47.3 Å². The Morgan fingerprint density at radius 3 is 2.18 bits per heavy atom. The summed E-state index contributed by atoms with van der Waals surface area (Å²) in [5, 5.41) is 0.289. The maximum atomic E-state index is 12.5. The van der Waals surface area contributed by atoms with Crippen LogP contribution in [0, 0.1) is 0 Å². The van der Waals surface area contributed by atoms with Crippen molar-refractivity contribution in [3.63, 3.8) is 0 Å². The molecule has 0 atom stereocenters. The molecule has 0 spiro atoms. The number of alkyl halides is 1. The Bertz CT molecular complexity index is 478. The van der Waals surface area contributed by atoms with Gasteiger partial charge in [-0.25, -0.2) is 4.39 Å². The van der Waals surface area contributed by atoms with Gasteiger partial charge in [0.1, 0.15) is 0 Å². The zero-order valence-electron chi connectivity index (χ0n) is 8.82. The van der Waals surface area contributed by atoms with Crippen molar-refractivity contribution in [2.75, 3.05) is 11.9 Å². The van der Waals surface area contributed by atoms with Crippen molar-refractivity contribution in [3.8, 4) is 0 Å². The van der Waals surface area contributed by atoms with Crippen LogP contribution in [0.25, 0.3) is 0 Å². The van der Waals surface area contributed by atoms with Crippen LogP contribution in [0.3, 0.4) is 0 Å². The monoisotopic (exact) mass is 297 g/mol. The molecule has 1 aliphatic rings. The van der Waals surface area contributed by atoms with Crippen LogP contribution in [0.5, 0.6) is 0 Å². The van der Waals surface area contributed by atoms with Gasteiger partial charge in [-0.15, -0.1) is 0 Å². The topological polar surface area (TPSA) is 37.4 Å². The third kappa shape index (κ3) is 2.02. The number of fused-ring (bicyclic) bond motifs is 1. The molecule has 2 amide bonds. The van der Waals surface area contributed by atoms with Crippen molar-refractivity contribution >= 4 is 27.7 Å². The SMILES string of the molecule is O=C1c2ccccc2C(=O)N1C/C(=C/F)CBr. The fraction of sp³-hybridized carbons (Fsp3) is 0.167. The maximum Gasteiger partial charge on any atom is 0.261 e. The van der Waals surface area contributed by atoms with Crippen molar-refractivity contribution < 1.29 is 14.0 Å². The summed E-state index contributed by atoms with van der Waals surface area (Å²) in [6.45, 7) is -0.0197. The van der Waals surface area contributed by atoms with Gasteiger partial charge < -0.3 is 0 Å². The van der Waals surface area contributed by atoms with Gasteiger partial charge in [0, 0.05) is 5.33 Å². The van der Waals surface area contributed by atoms with Gasteiger partial charge in [0.15, 0.2) is 0 Å². The van der Waals surface area contributed by atoms with Crippen LogP contribution in [-0.4, -0.2) is 28.6 Å². The smallest absolute Gasteiger partial charge is 0.261 e. The van der Waals surface area contributed by atoms with E-state index in [1.807, 2.05) is 0 Å². The highest BCUT2D eigenvalue weighted by Gasteiger charge is 2.35. The van der Waals surface area contributed by atoms with E-state index < -0.39 is 0 Å². The van der Waals surface area contributed by atoms with Crippen LogP contribution in [0.4, 0.5) is 4.39 Å². The number of imide groups is 1. The largest absolute Gasteiger partial charge is 0.270 e. The zero-order chi connectivity index (χ0) is 12.4. The van der Waals surface area contributed by atoms with Crippen LogP contribution in [0.1, 0.15) is 20.7 Å². The number of amides is 2. The van der Waals surface area contributed by atoms with Crippen molar-refractivity contribution in [2.45, 2.75) is 0 Å². The standard InChI is InChI=1S/C12H9BrFNO2/c13-5-8(6-14)7-15-11(16)9-3-1-2-4-10(9)12(15)17/h1-4,6H,5,7H2/b8-6+. The predicted octanol–water partition coefficient (Wildman–Crippen LogP) is 2.53. The van der Waals surface area contributed by atoms with Crippen molar-refractivity contribution in [2.24, 2.45) is 0 Å². The van der Waals surface area contributed by atoms with Crippen LogP contribution < -0.4 is 0 Å². The van der Waals surface area contributed by atoms with E-state index in [4.69, 9.17) is 0 Å². The fourth-order valence-corrected chi connectivity index (χ4v) is 1.99. The number of halogens is 2. The van der Waals surface area contributed by atoms with Gasteiger partial charge in [0.25, 0.3) is 11.8 Å². The second-order valence-electron chi connectivity index (χ2n) is 3.64. The van der Waals surface area contributed by atoms with E-state index in [9.17, 15) is 14.0 Å². The molecule has 0 saturated carbocycles. The lowest BCUT2D eigenvalue weighted by atomic mass is 10.1. The zero-order valence-corrected chi connectivity index (χ0v) is 10.4. The molecule has 0 fully saturated rings. The van der Waals surface area contributed by atoms with Gasteiger partial charge in [-0.3, -0.25) is 14.5 Å². The molecule has 3 nitrogen and oxygen atoms in total. The average molecular weight is 298 g/mol. The van der Waals surface area contributed by atoms with Gasteiger partial charge in [0.05, 0.1) is 24.0 Å². The fourth-order valence-electron chi connectivity index (χ4n) is 1.69. The highest BCUT2D eigenvalue weighted by atomic mass is 79.9. The first kappa shape index (κ1) is 12.0. The Morgan fingerprint density at radius 2 is 1.76 bits per heavy atom. The van der Waals surface area contributed by atoms with Gasteiger partial charge in [0.2, 0.25) is 0 Å². The summed E-state index contributed by atoms with van der Waals surface area (Å²) in [4.78, 5) is 24.9. The molecular formula is C12H9BrFNO2. The van der Waals surface area contributed by atoms with Gasteiger partial charge in [-0.2, -0.15) is 0 Å². The first-order valence-electron chi connectivity index (χ1n) is 4.98. The van der Waals surface area contributed by atoms with Crippen LogP contribution in [-0.2, 0) is 0 Å². The summed E-state index contributed by atoms with van der Waals surface area (Å²) in [6, 6.07) is 6.60. The minimum Gasteiger partial charge on any atom is -0.270 e. The number of rotatable bonds is 3. The molecule has 0 aliphatic carbocycles. The van der Waals surface area contributed by atoms with Gasteiger partial charge >= 0.3 is 0 Å². The Balaban J connectivity index is 2.30. The third-order valence-corrected chi connectivity index (χ3v) is 3.29. The number of carbonyl (C=O) groups excluding carboxylic acids is 2. The lowest BCUT2D eigenvalue weighted by Gasteiger charge is -2.14. The molecule has 1 aromatic rings. The molecule has 88 valence electrons. The summed E-state index contributed by atoms with van der Waals surface area (Å²) in [5.74, 6) is -0.739. The molecule has 5 heteroatoms. The highest BCUT2D eigenvalue weighted by molar-refractivity contribution is 9.09. The quantitative estimate of drug-likeness (QED) is 0.635. The molecule has 0 bridgehead atoms. The first-order valence-corrected chi connectivity index (χ1v) is 6.10. The maximum absolute atomic E-state index is 12.5. The van der Waals surface area contributed by atoms with E-state index in [0.29, 0.717) is 23.0 Å². The van der Waals surface area contributed by atoms with E-state index in [2.05, 4.69) is 15.9 Å². The summed E-state index contributed by atoms with van der Waals surface area (Å²) in [6.07, 6.45) is 0.415. The molecule has 1 aliphatic heterocycles. The van der Waals surface area contributed by atoms with E-state index in [1.165, 1.54) is 0 Å². The van der Waals surface area contributed by atoms with E-state index >= 15 is 0 Å². The van der Waals surface area contributed by atoms with Crippen molar-refractivity contribution in [1.29, 1.82) is 0 Å². The summed E-state index contributed by atoms with van der Waals surface area (Å²) in [5.41, 5.74) is 1.11. The molecule has 0 saturated heterocycles. The molecule has 0 unspecified atom stereocenters. The molecule has 0 radical (unpaired) electrons. The summed E-state index contributed by atoms with van der Waals surface area (Å²) < 4.78 is 12.5. The third-order valence-electron chi connectivity index (χ3n) is 2.57. The Morgan fingerprint density at radius 1 is 1.24 bits per heavy atom. The Hall–Kier alpha value is -1.49. The lowest BCUT2D eigenvalue weighted by Crippen LogP contribution is -2.31. The van der Waals surface area contributed by atoms with Crippen LogP contribution >= 0.6 is 15.9 Å². The summed E-state index contributed by atoms with van der Waals surface area (Å²) >= 11 is 3.10. The number of benzene rings is 1. The Labute approximate surface area is 106 Å². The normalized spacial score (nSPS) is 15.4. The minimum absolute atomic E-state index is 0.0197. The van der Waals surface area contributed by atoms with Crippen molar-refractivity contribution in [1.82, 2.24) is 4.90 Å². The number of nitrogens with zero attached hydrogens (tertiary/aromatic N) is 1. The molecule has 1 heterocycles. The van der Waals surface area contributed by atoms with Crippen LogP contribution in [0.15, 0.2) is 36.2 Å². The van der Waals surface area contributed by atoms with E-state index in [0.717, 1.165) is 4.90 Å². The van der Waals surface area contributed by atoms with Gasteiger partial charge in [-0.05, 0) is 17.7 Å². The van der Waals surface area contributed by atoms with E-state index in [-0.39, 0.29) is 23.7 Å². The molecule has 1 aromatic carbocycles. The molecular weight excluding hydrogens is 289 g/mol. The average Bonchev–Trinajstić information content (AvgIpc) is 2.61. The first-order chi connectivity index (χ1) is 8.19. The summed E-state index contributed by atoms with van der Waals surface area (Å²) in [7, 11) is 0. The Kier molecular flexibility index (Phi) is 3.38. The molecule has 0 aromatic heterocycles. The van der Waals surface area contributed by atoms with E-state index in [1.54, 1.807) is 24.3 Å². The lowest BCUT2D eigenvalue weighted by molar-refractivity contribution is 0.0668. The predicted molar refractivity (Wildman–Crippen MR) is 64.8 cm³/mol. The minimum atomic E-state index is -0.370. The number of carbonyl (C=O) groups is 2. The number of hydrogen-bond acceptors (Lipinski definition) is 2. The number of hydrogen-bond donors (Lipinski definition) is 0.